The quantitative estimate of drug-likeness (QED) is 0.550. The molecule has 2 aliphatic heterocycles. The monoisotopic (exact) mass is 514 g/mol. The van der Waals surface area contributed by atoms with Gasteiger partial charge in [-0.1, -0.05) is 17.7 Å². The average molecular weight is 515 g/mol. The summed E-state index contributed by atoms with van der Waals surface area (Å²) in [4.78, 5) is 23.4. The number of nitrogens with zero attached hydrogens (tertiary/aromatic N) is 3. The van der Waals surface area contributed by atoms with Crippen LogP contribution in [0.5, 0.6) is 0 Å². The maximum absolute atomic E-state index is 14.1. The van der Waals surface area contributed by atoms with Crippen molar-refractivity contribution in [1.82, 2.24) is 15.2 Å². The van der Waals surface area contributed by atoms with Gasteiger partial charge in [-0.25, -0.2) is 22.9 Å². The van der Waals surface area contributed by atoms with E-state index in [0.29, 0.717) is 16.4 Å². The van der Waals surface area contributed by atoms with Crippen LogP contribution in [0.1, 0.15) is 30.0 Å². The van der Waals surface area contributed by atoms with E-state index in [9.17, 15) is 23.1 Å². The summed E-state index contributed by atoms with van der Waals surface area (Å²) in [6, 6.07) is 1.96. The van der Waals surface area contributed by atoms with Gasteiger partial charge in [0.25, 0.3) is 5.92 Å². The summed E-state index contributed by atoms with van der Waals surface area (Å²) in [5.41, 5.74) is 0.701. The van der Waals surface area contributed by atoms with Crippen molar-refractivity contribution >= 4 is 34.7 Å². The predicted molar refractivity (Wildman–Crippen MR) is 122 cm³/mol. The molecule has 2 aromatic rings. The molecule has 1 fully saturated rings. The Labute approximate surface area is 202 Å². The Kier molecular flexibility index (Phi) is 7.27. The Hall–Kier alpha value is -2.47. The lowest BCUT2D eigenvalue weighted by molar-refractivity contribution is -0.139. The number of ether oxygens (including phenoxy) is 1. The highest BCUT2D eigenvalue weighted by atomic mass is 35.5. The summed E-state index contributed by atoms with van der Waals surface area (Å²) in [6.45, 7) is 0.572. The standard InChI is InChI=1S/C22H22ClF3N4O3S/c1-2-33-21(32)17-16(9-30-11-22(25,26)8-13(30)10-31)28-19(20-27-5-6-34-20)29-18(17)14-4-3-12(24)7-15(14)23/h3-7,13,18,31H,2,8-11H2,1H3,(H,28,29)/t13-,18?/m0/s1. The molecular weight excluding hydrogens is 493 g/mol. The maximum atomic E-state index is 14.1. The number of aromatic nitrogens is 1. The summed E-state index contributed by atoms with van der Waals surface area (Å²) in [5.74, 6) is -3.92. The third kappa shape index (κ3) is 5.12. The number of benzene rings is 1. The van der Waals surface area contributed by atoms with E-state index in [4.69, 9.17) is 16.3 Å². The van der Waals surface area contributed by atoms with Gasteiger partial charge >= 0.3 is 5.97 Å². The van der Waals surface area contributed by atoms with Crippen LogP contribution in [0.25, 0.3) is 0 Å². The van der Waals surface area contributed by atoms with Crippen LogP contribution in [0.3, 0.4) is 0 Å². The van der Waals surface area contributed by atoms with Crippen LogP contribution < -0.4 is 5.32 Å². The van der Waals surface area contributed by atoms with Crippen molar-refractivity contribution in [1.29, 1.82) is 0 Å². The Morgan fingerprint density at radius 1 is 1.44 bits per heavy atom. The molecule has 0 radical (unpaired) electrons. The highest BCUT2D eigenvalue weighted by Crippen LogP contribution is 2.38. The molecule has 3 heterocycles. The molecule has 7 nitrogen and oxygen atoms in total. The van der Waals surface area contributed by atoms with Gasteiger partial charge in [0.05, 0.1) is 25.3 Å². The molecule has 1 aromatic heterocycles. The summed E-state index contributed by atoms with van der Waals surface area (Å²) >= 11 is 7.62. The Morgan fingerprint density at radius 3 is 2.88 bits per heavy atom. The van der Waals surface area contributed by atoms with Gasteiger partial charge in [0.1, 0.15) is 11.9 Å². The van der Waals surface area contributed by atoms with Crippen molar-refractivity contribution in [2.24, 2.45) is 4.99 Å². The van der Waals surface area contributed by atoms with Crippen LogP contribution in [0.2, 0.25) is 5.02 Å². The number of alkyl halides is 2. The molecule has 4 rings (SSSR count). The van der Waals surface area contributed by atoms with Gasteiger partial charge in [0, 0.05) is 46.9 Å². The van der Waals surface area contributed by atoms with E-state index >= 15 is 0 Å². The average Bonchev–Trinajstić information content (AvgIpc) is 3.41. The van der Waals surface area contributed by atoms with E-state index in [1.807, 2.05) is 0 Å². The first-order chi connectivity index (χ1) is 16.2. The second kappa shape index (κ2) is 10.0. The van der Waals surface area contributed by atoms with E-state index in [0.717, 1.165) is 6.07 Å². The molecule has 0 saturated carbocycles. The predicted octanol–water partition coefficient (Wildman–Crippen LogP) is 3.55. The minimum Gasteiger partial charge on any atom is -0.463 e. The first-order valence-corrected chi connectivity index (χ1v) is 11.8. The highest BCUT2D eigenvalue weighted by molar-refractivity contribution is 7.11. The molecule has 2 N–H and O–H groups in total. The minimum atomic E-state index is -2.97. The largest absolute Gasteiger partial charge is 0.463 e. The number of aliphatic hydroxyl groups is 1. The van der Waals surface area contributed by atoms with E-state index in [1.165, 1.54) is 28.4 Å². The number of hydrogen-bond acceptors (Lipinski definition) is 8. The number of amidine groups is 1. The number of hydrogen-bond donors (Lipinski definition) is 2. The lowest BCUT2D eigenvalue weighted by Crippen LogP contribution is -2.42. The zero-order valence-electron chi connectivity index (χ0n) is 18.1. The molecule has 0 aliphatic carbocycles. The highest BCUT2D eigenvalue weighted by Gasteiger charge is 2.45. The molecule has 1 unspecified atom stereocenters. The third-order valence-corrected chi connectivity index (χ3v) is 6.68. The SMILES string of the molecule is CCOC(=O)C1=C(CN2CC(F)(F)C[C@H]2CO)NC(c2nccs2)=NC1c1ccc(F)cc1Cl. The van der Waals surface area contributed by atoms with Crippen molar-refractivity contribution in [3.8, 4) is 0 Å². The van der Waals surface area contributed by atoms with Crippen molar-refractivity contribution in [3.63, 3.8) is 0 Å². The van der Waals surface area contributed by atoms with Crippen LogP contribution in [0, 0.1) is 5.82 Å². The fourth-order valence-electron chi connectivity index (χ4n) is 4.10. The smallest absolute Gasteiger partial charge is 0.338 e. The number of carbonyl (C=O) groups is 1. The number of halogens is 4. The van der Waals surface area contributed by atoms with Crippen LogP contribution >= 0.6 is 22.9 Å². The lowest BCUT2D eigenvalue weighted by Gasteiger charge is -2.31. The van der Waals surface area contributed by atoms with Crippen LogP contribution in [0.4, 0.5) is 13.2 Å². The van der Waals surface area contributed by atoms with Crippen LogP contribution in [-0.2, 0) is 9.53 Å². The summed E-state index contributed by atoms with van der Waals surface area (Å²) in [6.07, 6.45) is 1.09. The van der Waals surface area contributed by atoms with Gasteiger partial charge in [-0.15, -0.1) is 11.3 Å². The van der Waals surface area contributed by atoms with E-state index in [2.05, 4.69) is 15.3 Å². The Balaban J connectivity index is 1.83. The fourth-order valence-corrected chi connectivity index (χ4v) is 4.96. The normalized spacial score (nSPS) is 22.5. The van der Waals surface area contributed by atoms with Gasteiger partial charge in [-0.05, 0) is 19.1 Å². The number of esters is 1. The molecule has 34 heavy (non-hydrogen) atoms. The van der Waals surface area contributed by atoms with Crippen molar-refractivity contribution in [2.75, 3.05) is 26.3 Å². The second-order valence-electron chi connectivity index (χ2n) is 7.92. The van der Waals surface area contributed by atoms with Gasteiger partial charge in [-0.3, -0.25) is 9.89 Å². The van der Waals surface area contributed by atoms with Crippen molar-refractivity contribution < 1.29 is 27.8 Å². The first-order valence-electron chi connectivity index (χ1n) is 10.5. The van der Waals surface area contributed by atoms with Crippen LogP contribution in [0.15, 0.2) is 46.0 Å². The first kappa shape index (κ1) is 24.6. The lowest BCUT2D eigenvalue weighted by atomic mass is 9.95. The van der Waals surface area contributed by atoms with Gasteiger partial charge in [0.2, 0.25) is 0 Å². The van der Waals surface area contributed by atoms with Gasteiger partial charge in [-0.2, -0.15) is 0 Å². The molecule has 2 atom stereocenters. The zero-order valence-corrected chi connectivity index (χ0v) is 19.7. The van der Waals surface area contributed by atoms with Gasteiger partial charge in [0.15, 0.2) is 10.8 Å². The Morgan fingerprint density at radius 2 is 2.24 bits per heavy atom. The topological polar surface area (TPSA) is 87.0 Å². The summed E-state index contributed by atoms with van der Waals surface area (Å²) in [5, 5.41) is 15.0. The molecule has 0 bridgehead atoms. The number of aliphatic hydroxyl groups excluding tert-OH is 1. The summed E-state index contributed by atoms with van der Waals surface area (Å²) in [7, 11) is 0. The number of likely N-dealkylation sites (tertiary alicyclic amines) is 1. The zero-order chi connectivity index (χ0) is 24.5. The number of carbonyl (C=O) groups excluding carboxylic acids is 1. The number of aliphatic imine (C=N–C) groups is 1. The van der Waals surface area contributed by atoms with E-state index in [1.54, 1.807) is 18.5 Å². The molecular formula is C22H22ClF3N4O3S. The van der Waals surface area contributed by atoms with E-state index < -0.39 is 49.4 Å². The van der Waals surface area contributed by atoms with E-state index in [-0.39, 0.29) is 29.4 Å². The molecule has 182 valence electrons. The number of rotatable bonds is 7. The number of thiazole rings is 1. The molecule has 1 saturated heterocycles. The number of nitrogens with one attached hydrogen (secondary N) is 1. The Bertz CT molecular complexity index is 1130. The molecule has 0 amide bonds. The molecule has 12 heteroatoms. The fraction of sp³-hybridized carbons (Fsp3) is 0.409. The van der Waals surface area contributed by atoms with Gasteiger partial charge < -0.3 is 15.2 Å². The molecule has 2 aliphatic rings. The van der Waals surface area contributed by atoms with Crippen LogP contribution in [-0.4, -0.2) is 65.1 Å². The summed E-state index contributed by atoms with van der Waals surface area (Å²) < 4.78 is 47.3. The second-order valence-corrected chi connectivity index (χ2v) is 9.22. The van der Waals surface area contributed by atoms with Crippen molar-refractivity contribution in [3.05, 3.63) is 62.5 Å². The maximum Gasteiger partial charge on any atom is 0.338 e. The minimum absolute atomic E-state index is 0.0521. The van der Waals surface area contributed by atoms with Crippen molar-refractivity contribution in [2.45, 2.75) is 31.4 Å². The third-order valence-electron chi connectivity index (χ3n) is 5.57. The molecule has 0 spiro atoms. The molecule has 1 aromatic carbocycles.